The summed E-state index contributed by atoms with van der Waals surface area (Å²) in [6.07, 6.45) is 0.257. The first-order valence-corrected chi connectivity index (χ1v) is 5.28. The average molecular weight is 210 g/mol. The van der Waals surface area contributed by atoms with Gasteiger partial charge in [-0.25, -0.2) is 8.93 Å². The van der Waals surface area contributed by atoms with E-state index in [1.165, 1.54) is 7.11 Å². The van der Waals surface area contributed by atoms with E-state index < -0.39 is 17.4 Å². The van der Waals surface area contributed by atoms with Crippen molar-refractivity contribution in [2.45, 2.75) is 25.5 Å². The van der Waals surface area contributed by atoms with E-state index >= 15 is 0 Å². The summed E-state index contributed by atoms with van der Waals surface area (Å²) in [6, 6.07) is 0.0151. The lowest BCUT2D eigenvalue weighted by Crippen LogP contribution is -2.43. The summed E-state index contributed by atoms with van der Waals surface area (Å²) in [4.78, 5) is 0. The molecule has 3 atom stereocenters. The van der Waals surface area contributed by atoms with Crippen LogP contribution in [0.1, 0.15) is 13.3 Å². The Morgan fingerprint density at radius 2 is 2.23 bits per heavy atom. The van der Waals surface area contributed by atoms with Gasteiger partial charge in [-0.05, 0) is 13.5 Å². The highest BCUT2D eigenvalue weighted by Crippen LogP contribution is 1.96. The van der Waals surface area contributed by atoms with Crippen LogP contribution in [0.5, 0.6) is 0 Å². The van der Waals surface area contributed by atoms with Gasteiger partial charge in [0.25, 0.3) is 0 Å². The standard InChI is InChI=1S/C7H18N2O3S/c1-4-6(8-2)7(10)5-9-13(11)12-3/h6-10H,4-5H2,1-3H3. The van der Waals surface area contributed by atoms with Gasteiger partial charge >= 0.3 is 0 Å². The lowest BCUT2D eigenvalue weighted by Gasteiger charge is -2.20. The molecular formula is C7H18N2O3S. The zero-order valence-corrected chi connectivity index (χ0v) is 9.06. The molecule has 0 aliphatic carbocycles. The minimum Gasteiger partial charge on any atom is -0.390 e. The lowest BCUT2D eigenvalue weighted by molar-refractivity contribution is 0.132. The van der Waals surface area contributed by atoms with Gasteiger partial charge in [0.2, 0.25) is 11.3 Å². The van der Waals surface area contributed by atoms with Crippen LogP contribution in [0.15, 0.2) is 0 Å². The number of hydrogen-bond acceptors (Lipinski definition) is 4. The van der Waals surface area contributed by atoms with Crippen LogP contribution >= 0.6 is 0 Å². The molecule has 0 radical (unpaired) electrons. The van der Waals surface area contributed by atoms with Crippen molar-refractivity contribution in [2.75, 3.05) is 20.7 Å². The van der Waals surface area contributed by atoms with Crippen molar-refractivity contribution < 1.29 is 13.5 Å². The van der Waals surface area contributed by atoms with E-state index in [0.29, 0.717) is 0 Å². The predicted octanol–water partition coefficient (Wildman–Crippen LogP) is -0.840. The molecule has 0 bridgehead atoms. The Labute approximate surface area is 81.7 Å². The van der Waals surface area contributed by atoms with Crippen LogP contribution in [0.4, 0.5) is 0 Å². The molecule has 0 amide bonds. The second-order valence-electron chi connectivity index (χ2n) is 2.62. The van der Waals surface area contributed by atoms with Crippen LogP contribution in [0, 0.1) is 0 Å². The molecule has 0 saturated heterocycles. The molecule has 13 heavy (non-hydrogen) atoms. The summed E-state index contributed by atoms with van der Waals surface area (Å²) in [5.74, 6) is 0. The van der Waals surface area contributed by atoms with E-state index in [4.69, 9.17) is 0 Å². The highest BCUT2D eigenvalue weighted by Gasteiger charge is 2.15. The van der Waals surface area contributed by atoms with Gasteiger partial charge in [0, 0.05) is 12.6 Å². The molecule has 0 rings (SSSR count). The van der Waals surface area contributed by atoms with E-state index in [2.05, 4.69) is 14.2 Å². The molecule has 3 unspecified atom stereocenters. The minimum atomic E-state index is -1.51. The summed E-state index contributed by atoms with van der Waals surface area (Å²) >= 11 is -1.51. The van der Waals surface area contributed by atoms with Gasteiger partial charge < -0.3 is 10.4 Å². The topological polar surface area (TPSA) is 70.6 Å². The highest BCUT2D eigenvalue weighted by atomic mass is 32.2. The minimum absolute atomic E-state index is 0.0151. The highest BCUT2D eigenvalue weighted by molar-refractivity contribution is 7.78. The molecule has 0 saturated carbocycles. The molecule has 0 aromatic rings. The van der Waals surface area contributed by atoms with E-state index in [1.54, 1.807) is 7.05 Å². The molecule has 80 valence electrons. The Balaban J connectivity index is 3.71. The lowest BCUT2D eigenvalue weighted by atomic mass is 10.1. The number of aliphatic hydroxyl groups excluding tert-OH is 1. The van der Waals surface area contributed by atoms with Crippen LogP contribution in [-0.2, 0) is 15.4 Å². The molecule has 0 aliphatic rings. The molecule has 0 heterocycles. The summed E-state index contributed by atoms with van der Waals surface area (Å²) < 4.78 is 17.8. The number of likely N-dealkylation sites (N-methyl/N-ethyl adjacent to an activating group) is 1. The Morgan fingerprint density at radius 3 is 2.62 bits per heavy atom. The summed E-state index contributed by atoms with van der Waals surface area (Å²) in [7, 11) is 3.12. The average Bonchev–Trinajstić information content (AvgIpc) is 2.16. The molecule has 5 nitrogen and oxygen atoms in total. The van der Waals surface area contributed by atoms with Crippen molar-refractivity contribution in [1.29, 1.82) is 0 Å². The quantitative estimate of drug-likeness (QED) is 0.512. The Hall–Kier alpha value is -0.0100. The smallest absolute Gasteiger partial charge is 0.234 e. The van der Waals surface area contributed by atoms with E-state index in [1.807, 2.05) is 6.92 Å². The first-order valence-electron chi connectivity index (χ1n) is 4.20. The first-order chi connectivity index (χ1) is 6.15. The van der Waals surface area contributed by atoms with Crippen LogP contribution in [0.3, 0.4) is 0 Å². The third kappa shape index (κ3) is 5.33. The third-order valence-corrected chi connectivity index (χ3v) is 2.54. The van der Waals surface area contributed by atoms with E-state index in [0.717, 1.165) is 6.42 Å². The number of rotatable bonds is 7. The molecular weight excluding hydrogens is 192 g/mol. The van der Waals surface area contributed by atoms with E-state index in [9.17, 15) is 9.32 Å². The van der Waals surface area contributed by atoms with Crippen molar-refractivity contribution in [3.05, 3.63) is 0 Å². The fourth-order valence-corrected chi connectivity index (χ4v) is 1.45. The van der Waals surface area contributed by atoms with Gasteiger partial charge in [0.05, 0.1) is 13.2 Å². The van der Waals surface area contributed by atoms with Crippen molar-refractivity contribution in [2.24, 2.45) is 0 Å². The Kier molecular flexibility index (Phi) is 7.39. The van der Waals surface area contributed by atoms with Gasteiger partial charge in [0.15, 0.2) is 0 Å². The number of hydrogen-bond donors (Lipinski definition) is 3. The fraction of sp³-hybridized carbons (Fsp3) is 1.00. The van der Waals surface area contributed by atoms with Gasteiger partial charge in [0.1, 0.15) is 0 Å². The molecule has 0 fully saturated rings. The molecule has 0 aliphatic heterocycles. The maximum atomic E-state index is 10.8. The predicted molar refractivity (Wildman–Crippen MR) is 52.3 cm³/mol. The molecule has 3 N–H and O–H groups in total. The van der Waals surface area contributed by atoms with Gasteiger partial charge in [-0.1, -0.05) is 6.92 Å². The molecule has 0 aromatic heterocycles. The van der Waals surface area contributed by atoms with Crippen LogP contribution in [-0.4, -0.2) is 42.2 Å². The number of nitrogens with one attached hydrogen (secondary N) is 2. The Bertz CT molecular complexity index is 153. The fourth-order valence-electron chi connectivity index (χ4n) is 1.02. The first kappa shape index (κ1) is 13.0. The number of aliphatic hydroxyl groups is 1. The zero-order chi connectivity index (χ0) is 10.3. The van der Waals surface area contributed by atoms with Crippen molar-refractivity contribution in [1.82, 2.24) is 10.0 Å². The van der Waals surface area contributed by atoms with Crippen molar-refractivity contribution >= 4 is 11.3 Å². The van der Waals surface area contributed by atoms with Gasteiger partial charge in [-0.3, -0.25) is 4.18 Å². The van der Waals surface area contributed by atoms with Crippen molar-refractivity contribution in [3.8, 4) is 0 Å². The monoisotopic (exact) mass is 210 g/mol. The largest absolute Gasteiger partial charge is 0.390 e. The maximum Gasteiger partial charge on any atom is 0.234 e. The Morgan fingerprint density at radius 1 is 1.62 bits per heavy atom. The zero-order valence-electron chi connectivity index (χ0n) is 8.24. The van der Waals surface area contributed by atoms with Gasteiger partial charge in [-0.15, -0.1) is 0 Å². The second-order valence-corrected chi connectivity index (χ2v) is 3.71. The molecule has 0 spiro atoms. The SMILES string of the molecule is CCC(NC)C(O)CNS(=O)OC. The molecule has 0 aromatic carbocycles. The second kappa shape index (κ2) is 7.40. The third-order valence-electron chi connectivity index (χ3n) is 1.84. The molecule has 6 heteroatoms. The van der Waals surface area contributed by atoms with Crippen LogP contribution < -0.4 is 10.0 Å². The van der Waals surface area contributed by atoms with Gasteiger partial charge in [-0.2, -0.15) is 0 Å². The van der Waals surface area contributed by atoms with Crippen LogP contribution in [0.2, 0.25) is 0 Å². The summed E-state index contributed by atoms with van der Waals surface area (Å²) in [6.45, 7) is 2.22. The van der Waals surface area contributed by atoms with Crippen LogP contribution in [0.25, 0.3) is 0 Å². The van der Waals surface area contributed by atoms with Crippen molar-refractivity contribution in [3.63, 3.8) is 0 Å². The summed E-state index contributed by atoms with van der Waals surface area (Å²) in [5.41, 5.74) is 0. The maximum absolute atomic E-state index is 10.8. The van der Waals surface area contributed by atoms with E-state index in [-0.39, 0.29) is 12.6 Å². The normalized spacial score (nSPS) is 18.2. The summed E-state index contributed by atoms with van der Waals surface area (Å²) in [5, 5.41) is 12.5.